The zero-order valence-electron chi connectivity index (χ0n) is 17.3. The van der Waals surface area contributed by atoms with E-state index in [1.165, 1.54) is 17.7 Å². The van der Waals surface area contributed by atoms with Crippen LogP contribution < -0.4 is 10.0 Å². The molecule has 0 unspecified atom stereocenters. The van der Waals surface area contributed by atoms with Crippen molar-refractivity contribution >= 4 is 21.6 Å². The number of anilines is 1. The Balaban J connectivity index is 1.71. The summed E-state index contributed by atoms with van der Waals surface area (Å²) in [5.41, 5.74) is 3.85. The number of carbonyl (C=O) groups is 1. The maximum absolute atomic E-state index is 12.8. The molecule has 0 radical (unpaired) electrons. The Morgan fingerprint density at radius 2 is 1.63 bits per heavy atom. The van der Waals surface area contributed by atoms with Gasteiger partial charge in [0.2, 0.25) is 0 Å². The van der Waals surface area contributed by atoms with E-state index < -0.39 is 10.0 Å². The minimum Gasteiger partial charge on any atom is -0.348 e. The summed E-state index contributed by atoms with van der Waals surface area (Å²) < 4.78 is 28.1. The van der Waals surface area contributed by atoms with Crippen LogP contribution in [0.2, 0.25) is 0 Å². The number of aryl methyl sites for hydroxylation is 1. The topological polar surface area (TPSA) is 75.3 Å². The molecule has 0 aromatic heterocycles. The van der Waals surface area contributed by atoms with E-state index in [1.807, 2.05) is 31.2 Å². The Morgan fingerprint density at radius 3 is 2.30 bits per heavy atom. The number of hydrogen-bond acceptors (Lipinski definition) is 3. The zero-order chi connectivity index (χ0) is 21.7. The molecule has 30 heavy (non-hydrogen) atoms. The quantitative estimate of drug-likeness (QED) is 0.572. The Kier molecular flexibility index (Phi) is 6.57. The second kappa shape index (κ2) is 9.13. The molecule has 5 nitrogen and oxygen atoms in total. The minimum absolute atomic E-state index is 0.0414. The van der Waals surface area contributed by atoms with Crippen molar-refractivity contribution in [2.45, 2.75) is 38.1 Å². The van der Waals surface area contributed by atoms with Gasteiger partial charge in [0, 0.05) is 12.1 Å². The van der Waals surface area contributed by atoms with Gasteiger partial charge in [0.05, 0.1) is 10.6 Å². The smallest absolute Gasteiger partial charge is 0.261 e. The highest BCUT2D eigenvalue weighted by atomic mass is 32.2. The van der Waals surface area contributed by atoms with E-state index in [0.29, 0.717) is 23.7 Å². The van der Waals surface area contributed by atoms with Crippen LogP contribution in [0, 0.1) is 6.92 Å². The fourth-order valence-corrected chi connectivity index (χ4v) is 4.18. The average molecular weight is 423 g/mol. The fourth-order valence-electron chi connectivity index (χ4n) is 3.00. The van der Waals surface area contributed by atoms with E-state index in [0.717, 1.165) is 11.1 Å². The number of rotatable bonds is 7. The summed E-state index contributed by atoms with van der Waals surface area (Å²) in [6.07, 6.45) is 0. The van der Waals surface area contributed by atoms with Gasteiger partial charge in [0.1, 0.15) is 0 Å². The normalized spacial score (nSPS) is 11.3. The number of para-hydroxylation sites is 1. The third-order valence-corrected chi connectivity index (χ3v) is 6.26. The molecule has 0 spiro atoms. The molecule has 0 aliphatic rings. The van der Waals surface area contributed by atoms with Crippen LogP contribution in [-0.4, -0.2) is 14.3 Å². The summed E-state index contributed by atoms with van der Waals surface area (Å²) >= 11 is 0. The van der Waals surface area contributed by atoms with E-state index in [4.69, 9.17) is 0 Å². The van der Waals surface area contributed by atoms with Crippen LogP contribution in [-0.2, 0) is 16.6 Å². The molecule has 0 fully saturated rings. The van der Waals surface area contributed by atoms with E-state index in [1.54, 1.807) is 24.3 Å². The van der Waals surface area contributed by atoms with Gasteiger partial charge < -0.3 is 5.32 Å². The zero-order valence-corrected chi connectivity index (χ0v) is 18.2. The van der Waals surface area contributed by atoms with Crippen molar-refractivity contribution in [3.8, 4) is 0 Å². The molecule has 0 bridgehead atoms. The van der Waals surface area contributed by atoms with Crippen molar-refractivity contribution in [2.24, 2.45) is 0 Å². The largest absolute Gasteiger partial charge is 0.348 e. The predicted molar refractivity (Wildman–Crippen MR) is 120 cm³/mol. The SMILES string of the molecule is Cc1ccccc1NS(=O)(=O)c1cccc(C(=O)NCc2ccc(C(C)C)cc2)c1. The molecule has 156 valence electrons. The fraction of sp³-hybridized carbons (Fsp3) is 0.208. The van der Waals surface area contributed by atoms with Gasteiger partial charge in [-0.25, -0.2) is 8.42 Å². The van der Waals surface area contributed by atoms with Crippen molar-refractivity contribution in [1.29, 1.82) is 0 Å². The molecule has 1 amide bonds. The van der Waals surface area contributed by atoms with E-state index in [-0.39, 0.29) is 10.8 Å². The molecular formula is C24H26N2O3S. The molecule has 0 aliphatic heterocycles. The monoisotopic (exact) mass is 422 g/mol. The first-order valence-electron chi connectivity index (χ1n) is 9.82. The highest BCUT2D eigenvalue weighted by Gasteiger charge is 2.17. The van der Waals surface area contributed by atoms with Gasteiger partial charge in [-0.15, -0.1) is 0 Å². The van der Waals surface area contributed by atoms with Crippen LogP contribution >= 0.6 is 0 Å². The van der Waals surface area contributed by atoms with Crippen LogP contribution in [0.1, 0.15) is 46.8 Å². The van der Waals surface area contributed by atoms with Crippen molar-refractivity contribution < 1.29 is 13.2 Å². The first kappa shape index (κ1) is 21.6. The molecule has 3 aromatic carbocycles. The van der Waals surface area contributed by atoms with Gasteiger partial charge in [0.25, 0.3) is 15.9 Å². The standard InChI is InChI=1S/C24H26N2O3S/c1-17(2)20-13-11-19(12-14-20)16-25-24(27)21-8-6-9-22(15-21)30(28,29)26-23-10-5-4-7-18(23)3/h4-15,17,26H,16H2,1-3H3,(H,25,27). The minimum atomic E-state index is -3.80. The highest BCUT2D eigenvalue weighted by Crippen LogP contribution is 2.20. The van der Waals surface area contributed by atoms with Crippen LogP contribution in [0.3, 0.4) is 0 Å². The van der Waals surface area contributed by atoms with E-state index in [2.05, 4.69) is 36.0 Å². The summed E-state index contributed by atoms with van der Waals surface area (Å²) in [4.78, 5) is 12.6. The van der Waals surface area contributed by atoms with Crippen molar-refractivity contribution in [2.75, 3.05) is 4.72 Å². The third kappa shape index (κ3) is 5.27. The van der Waals surface area contributed by atoms with Crippen LogP contribution in [0.5, 0.6) is 0 Å². The first-order chi connectivity index (χ1) is 14.3. The molecule has 0 aliphatic carbocycles. The number of amides is 1. The number of benzene rings is 3. The number of sulfonamides is 1. The number of nitrogens with one attached hydrogen (secondary N) is 2. The van der Waals surface area contributed by atoms with E-state index in [9.17, 15) is 13.2 Å². The maximum Gasteiger partial charge on any atom is 0.261 e. The Morgan fingerprint density at radius 1 is 0.933 bits per heavy atom. The van der Waals surface area contributed by atoms with Gasteiger partial charge in [-0.2, -0.15) is 0 Å². The summed E-state index contributed by atoms with van der Waals surface area (Å²) in [7, 11) is -3.80. The predicted octanol–water partition coefficient (Wildman–Crippen LogP) is 4.85. The summed E-state index contributed by atoms with van der Waals surface area (Å²) in [5, 5.41) is 2.85. The van der Waals surface area contributed by atoms with Crippen LogP contribution in [0.4, 0.5) is 5.69 Å². The molecular weight excluding hydrogens is 396 g/mol. The van der Waals surface area contributed by atoms with E-state index >= 15 is 0 Å². The van der Waals surface area contributed by atoms with Crippen molar-refractivity contribution in [3.05, 3.63) is 95.1 Å². The lowest BCUT2D eigenvalue weighted by Gasteiger charge is -2.12. The van der Waals surface area contributed by atoms with Crippen molar-refractivity contribution in [1.82, 2.24) is 5.32 Å². The van der Waals surface area contributed by atoms with Gasteiger partial charge in [0.15, 0.2) is 0 Å². The van der Waals surface area contributed by atoms with Gasteiger partial charge in [-0.05, 0) is 53.8 Å². The lowest BCUT2D eigenvalue weighted by Crippen LogP contribution is -2.23. The second-order valence-electron chi connectivity index (χ2n) is 7.53. The molecule has 0 saturated carbocycles. The summed E-state index contributed by atoms with van der Waals surface area (Å²) in [6.45, 7) is 6.46. The molecule has 2 N–H and O–H groups in total. The Bertz CT molecular complexity index is 1140. The lowest BCUT2D eigenvalue weighted by molar-refractivity contribution is 0.0950. The van der Waals surface area contributed by atoms with Gasteiger partial charge in [-0.3, -0.25) is 9.52 Å². The first-order valence-corrected chi connectivity index (χ1v) is 11.3. The van der Waals surface area contributed by atoms with Crippen LogP contribution in [0.25, 0.3) is 0 Å². The summed E-state index contributed by atoms with van der Waals surface area (Å²) in [5.74, 6) is 0.127. The molecule has 3 rings (SSSR count). The molecule has 3 aromatic rings. The Hall–Kier alpha value is -3.12. The second-order valence-corrected chi connectivity index (χ2v) is 9.21. The number of hydrogen-bond donors (Lipinski definition) is 2. The van der Waals surface area contributed by atoms with Crippen LogP contribution in [0.15, 0.2) is 77.7 Å². The maximum atomic E-state index is 12.8. The summed E-state index contributed by atoms with van der Waals surface area (Å²) in [6, 6.07) is 21.3. The highest BCUT2D eigenvalue weighted by molar-refractivity contribution is 7.92. The molecule has 0 saturated heterocycles. The molecule has 6 heteroatoms. The number of carbonyl (C=O) groups excluding carboxylic acids is 1. The third-order valence-electron chi connectivity index (χ3n) is 4.90. The van der Waals surface area contributed by atoms with Crippen molar-refractivity contribution in [3.63, 3.8) is 0 Å². The molecule has 0 heterocycles. The van der Waals surface area contributed by atoms with Gasteiger partial charge in [-0.1, -0.05) is 62.4 Å². The Labute approximate surface area is 178 Å². The molecule has 0 atom stereocenters. The average Bonchev–Trinajstić information content (AvgIpc) is 2.74. The van der Waals surface area contributed by atoms with Gasteiger partial charge >= 0.3 is 0 Å². The lowest BCUT2D eigenvalue weighted by atomic mass is 10.0.